The molecule has 1 fully saturated rings. The number of hydrogen-bond acceptors (Lipinski definition) is 3. The highest BCUT2D eigenvalue weighted by Crippen LogP contribution is 2.30. The first kappa shape index (κ1) is 15.0. The lowest BCUT2D eigenvalue weighted by atomic mass is 9.76. The van der Waals surface area contributed by atoms with Crippen LogP contribution in [-0.2, 0) is 9.59 Å². The first-order valence-corrected chi connectivity index (χ1v) is 6.65. The summed E-state index contributed by atoms with van der Waals surface area (Å²) >= 11 is 0. The summed E-state index contributed by atoms with van der Waals surface area (Å²) in [6, 6.07) is 0. The molecular weight excluding hydrogens is 232 g/mol. The Morgan fingerprint density at radius 2 is 2.22 bits per heavy atom. The van der Waals surface area contributed by atoms with E-state index in [-0.39, 0.29) is 5.91 Å². The summed E-state index contributed by atoms with van der Waals surface area (Å²) in [5.41, 5.74) is 5.38. The molecule has 1 saturated carbocycles. The fourth-order valence-electron chi connectivity index (χ4n) is 2.50. The van der Waals surface area contributed by atoms with Gasteiger partial charge in [0.1, 0.15) is 0 Å². The quantitative estimate of drug-likeness (QED) is 0.687. The highest BCUT2D eigenvalue weighted by molar-refractivity contribution is 5.86. The number of carbonyl (C=O) groups excluding carboxylic acids is 1. The Morgan fingerprint density at radius 3 is 2.78 bits per heavy atom. The predicted molar refractivity (Wildman–Crippen MR) is 69.0 cm³/mol. The minimum Gasteiger partial charge on any atom is -0.481 e. The maximum atomic E-state index is 12.0. The van der Waals surface area contributed by atoms with Gasteiger partial charge in [-0.3, -0.25) is 9.59 Å². The average Bonchev–Trinajstić information content (AvgIpc) is 2.28. The van der Waals surface area contributed by atoms with E-state index < -0.39 is 17.4 Å². The van der Waals surface area contributed by atoms with Crippen LogP contribution in [0.25, 0.3) is 0 Å². The Balaban J connectivity index is 2.38. The standard InChI is InChI=1S/C13H24N2O3/c1-9-4-3-6-13(14,8-9)12(18)15-7-5-10(2)11(16)17/h9-10H,3-8,14H2,1-2H3,(H,15,18)(H,16,17). The lowest BCUT2D eigenvalue weighted by molar-refractivity contribution is -0.141. The van der Waals surface area contributed by atoms with E-state index in [4.69, 9.17) is 10.8 Å². The van der Waals surface area contributed by atoms with Crippen LogP contribution in [0.3, 0.4) is 0 Å². The van der Waals surface area contributed by atoms with Gasteiger partial charge in [0, 0.05) is 6.54 Å². The van der Waals surface area contributed by atoms with Gasteiger partial charge >= 0.3 is 5.97 Å². The number of hydrogen-bond donors (Lipinski definition) is 3. The molecule has 4 N–H and O–H groups in total. The number of nitrogens with one attached hydrogen (secondary N) is 1. The van der Waals surface area contributed by atoms with Gasteiger partial charge in [-0.1, -0.05) is 26.7 Å². The van der Waals surface area contributed by atoms with Crippen molar-refractivity contribution in [3.63, 3.8) is 0 Å². The van der Waals surface area contributed by atoms with Crippen LogP contribution in [0.2, 0.25) is 0 Å². The average molecular weight is 256 g/mol. The third-order valence-electron chi connectivity index (χ3n) is 3.77. The van der Waals surface area contributed by atoms with Crippen LogP contribution in [-0.4, -0.2) is 29.1 Å². The van der Waals surface area contributed by atoms with Gasteiger partial charge in [0.05, 0.1) is 11.5 Å². The molecule has 0 saturated heterocycles. The fourth-order valence-corrected chi connectivity index (χ4v) is 2.50. The van der Waals surface area contributed by atoms with Gasteiger partial charge in [-0.05, 0) is 25.2 Å². The molecule has 1 rings (SSSR count). The summed E-state index contributed by atoms with van der Waals surface area (Å²) < 4.78 is 0. The van der Waals surface area contributed by atoms with Crippen LogP contribution in [0.5, 0.6) is 0 Å². The molecule has 3 unspecified atom stereocenters. The van der Waals surface area contributed by atoms with Crippen LogP contribution < -0.4 is 11.1 Å². The Labute approximate surface area is 108 Å². The minimum absolute atomic E-state index is 0.133. The zero-order chi connectivity index (χ0) is 13.8. The highest BCUT2D eigenvalue weighted by atomic mass is 16.4. The largest absolute Gasteiger partial charge is 0.481 e. The molecule has 1 aliphatic carbocycles. The second kappa shape index (κ2) is 6.18. The van der Waals surface area contributed by atoms with E-state index in [9.17, 15) is 9.59 Å². The number of carboxylic acid groups (broad SMARTS) is 1. The van der Waals surface area contributed by atoms with E-state index in [1.807, 2.05) is 0 Å². The Morgan fingerprint density at radius 1 is 1.56 bits per heavy atom. The second-order valence-corrected chi connectivity index (χ2v) is 5.64. The molecule has 0 spiro atoms. The number of nitrogens with two attached hydrogens (primary N) is 1. The van der Waals surface area contributed by atoms with Crippen molar-refractivity contribution in [1.29, 1.82) is 0 Å². The second-order valence-electron chi connectivity index (χ2n) is 5.64. The monoisotopic (exact) mass is 256 g/mol. The van der Waals surface area contributed by atoms with Crippen molar-refractivity contribution in [2.45, 2.75) is 51.5 Å². The molecule has 0 radical (unpaired) electrons. The van der Waals surface area contributed by atoms with E-state index in [2.05, 4.69) is 12.2 Å². The molecule has 0 bridgehead atoms. The fraction of sp³-hybridized carbons (Fsp3) is 0.846. The third kappa shape index (κ3) is 3.98. The first-order chi connectivity index (χ1) is 8.35. The summed E-state index contributed by atoms with van der Waals surface area (Å²) in [6.45, 7) is 4.12. The SMILES string of the molecule is CC1CCCC(N)(C(=O)NCCC(C)C(=O)O)C1. The summed E-state index contributed by atoms with van der Waals surface area (Å²) in [5.74, 6) is -0.929. The molecule has 18 heavy (non-hydrogen) atoms. The summed E-state index contributed by atoms with van der Waals surface area (Å²) in [4.78, 5) is 22.7. The van der Waals surface area contributed by atoms with Gasteiger partial charge in [-0.2, -0.15) is 0 Å². The van der Waals surface area contributed by atoms with Crippen molar-refractivity contribution in [2.24, 2.45) is 17.6 Å². The predicted octanol–water partition coefficient (Wildman–Crippen LogP) is 1.12. The zero-order valence-corrected chi connectivity index (χ0v) is 11.2. The van der Waals surface area contributed by atoms with Crippen molar-refractivity contribution in [3.05, 3.63) is 0 Å². The minimum atomic E-state index is -0.835. The molecule has 0 aromatic carbocycles. The van der Waals surface area contributed by atoms with Crippen molar-refractivity contribution >= 4 is 11.9 Å². The molecule has 5 nitrogen and oxygen atoms in total. The van der Waals surface area contributed by atoms with E-state index in [1.54, 1.807) is 6.92 Å². The summed E-state index contributed by atoms with van der Waals surface area (Å²) in [5, 5.41) is 11.5. The van der Waals surface area contributed by atoms with Crippen molar-refractivity contribution in [3.8, 4) is 0 Å². The number of carbonyl (C=O) groups is 2. The van der Waals surface area contributed by atoms with E-state index in [1.165, 1.54) is 0 Å². The van der Waals surface area contributed by atoms with E-state index >= 15 is 0 Å². The van der Waals surface area contributed by atoms with Gasteiger partial charge in [0.2, 0.25) is 5.91 Å². The number of rotatable bonds is 5. The molecule has 3 atom stereocenters. The molecule has 0 aromatic heterocycles. The van der Waals surface area contributed by atoms with Gasteiger partial charge in [-0.15, -0.1) is 0 Å². The lowest BCUT2D eigenvalue weighted by Crippen LogP contribution is -2.56. The lowest BCUT2D eigenvalue weighted by Gasteiger charge is -2.35. The Kier molecular flexibility index (Phi) is 5.14. The highest BCUT2D eigenvalue weighted by Gasteiger charge is 2.37. The maximum Gasteiger partial charge on any atom is 0.306 e. The van der Waals surface area contributed by atoms with Crippen LogP contribution in [0.4, 0.5) is 0 Å². The number of aliphatic carboxylic acids is 1. The Bertz CT molecular complexity index is 319. The molecule has 0 heterocycles. The van der Waals surface area contributed by atoms with Gasteiger partial charge in [0.15, 0.2) is 0 Å². The van der Waals surface area contributed by atoms with Crippen LogP contribution >= 0.6 is 0 Å². The van der Waals surface area contributed by atoms with Crippen molar-refractivity contribution in [1.82, 2.24) is 5.32 Å². The molecule has 0 aliphatic heterocycles. The van der Waals surface area contributed by atoms with Crippen molar-refractivity contribution < 1.29 is 14.7 Å². The van der Waals surface area contributed by atoms with Gasteiger partial charge in [-0.25, -0.2) is 0 Å². The molecular formula is C13H24N2O3. The molecule has 5 heteroatoms. The number of amides is 1. The van der Waals surface area contributed by atoms with Gasteiger partial charge < -0.3 is 16.2 Å². The van der Waals surface area contributed by atoms with Crippen LogP contribution in [0, 0.1) is 11.8 Å². The van der Waals surface area contributed by atoms with Crippen LogP contribution in [0.15, 0.2) is 0 Å². The summed E-state index contributed by atoms with van der Waals surface area (Å²) in [7, 11) is 0. The van der Waals surface area contributed by atoms with Crippen LogP contribution in [0.1, 0.15) is 46.0 Å². The smallest absolute Gasteiger partial charge is 0.306 e. The molecule has 1 amide bonds. The summed E-state index contributed by atoms with van der Waals surface area (Å²) in [6.07, 6.45) is 3.98. The molecule has 104 valence electrons. The Hall–Kier alpha value is -1.10. The first-order valence-electron chi connectivity index (χ1n) is 6.65. The normalized spacial score (nSPS) is 29.6. The molecule has 0 aromatic rings. The van der Waals surface area contributed by atoms with Crippen molar-refractivity contribution in [2.75, 3.05) is 6.54 Å². The maximum absolute atomic E-state index is 12.0. The van der Waals surface area contributed by atoms with E-state index in [0.29, 0.717) is 25.3 Å². The third-order valence-corrected chi connectivity index (χ3v) is 3.77. The van der Waals surface area contributed by atoms with Gasteiger partial charge in [0.25, 0.3) is 0 Å². The topological polar surface area (TPSA) is 92.4 Å². The van der Waals surface area contributed by atoms with E-state index in [0.717, 1.165) is 19.3 Å². The molecule has 1 aliphatic rings. The zero-order valence-electron chi connectivity index (χ0n) is 11.2. The number of carboxylic acids is 1.